The molecule has 1 heterocycles. The zero-order valence-corrected chi connectivity index (χ0v) is 23.9. The summed E-state index contributed by atoms with van der Waals surface area (Å²) in [5.41, 5.74) is -0.630. The van der Waals surface area contributed by atoms with E-state index in [1.807, 2.05) is 36.6 Å². The van der Waals surface area contributed by atoms with Crippen molar-refractivity contribution in [2.75, 3.05) is 18.8 Å². The van der Waals surface area contributed by atoms with Crippen molar-refractivity contribution >= 4 is 29.6 Å². The molecule has 0 bridgehead atoms. The van der Waals surface area contributed by atoms with Gasteiger partial charge < -0.3 is 29.0 Å². The number of nitrogens with one attached hydrogen (secondary N) is 1. The zero-order chi connectivity index (χ0) is 27.8. The summed E-state index contributed by atoms with van der Waals surface area (Å²) in [6.07, 6.45) is -1.75. The number of hydrogen-bond donors (Lipinski definition) is 1. The molecule has 1 aromatic carbocycles. The van der Waals surface area contributed by atoms with Crippen LogP contribution in [0.5, 0.6) is 0 Å². The van der Waals surface area contributed by atoms with E-state index in [9.17, 15) is 14.4 Å². The Labute approximate surface area is 224 Å². The second kappa shape index (κ2) is 13.6. The van der Waals surface area contributed by atoms with Gasteiger partial charge in [-0.3, -0.25) is 14.4 Å². The highest BCUT2D eigenvalue weighted by atomic mass is 32.2. The van der Waals surface area contributed by atoms with Crippen LogP contribution < -0.4 is 5.32 Å². The molecular weight excluding hydrogens is 498 g/mol. The van der Waals surface area contributed by atoms with Gasteiger partial charge in [-0.2, -0.15) is 0 Å². The summed E-state index contributed by atoms with van der Waals surface area (Å²) < 4.78 is 30.0. The lowest BCUT2D eigenvalue weighted by Crippen LogP contribution is -2.66. The van der Waals surface area contributed by atoms with Crippen molar-refractivity contribution in [3.8, 4) is 0 Å². The highest BCUT2D eigenvalue weighted by Crippen LogP contribution is 2.31. The first-order valence-electron chi connectivity index (χ1n) is 12.3. The Bertz CT molecular complexity index is 896. The first-order valence-corrected chi connectivity index (χ1v) is 13.7. The topological polar surface area (TPSA) is 109 Å². The van der Waals surface area contributed by atoms with E-state index >= 15 is 0 Å². The van der Waals surface area contributed by atoms with Crippen LogP contribution in [0.25, 0.3) is 0 Å². The van der Waals surface area contributed by atoms with E-state index < -0.39 is 53.4 Å². The highest BCUT2D eigenvalue weighted by molar-refractivity contribution is 7.98. The van der Waals surface area contributed by atoms with Crippen molar-refractivity contribution in [1.29, 1.82) is 0 Å². The number of thioether (sulfide) groups is 1. The Balaban J connectivity index is 2.43. The fourth-order valence-electron chi connectivity index (χ4n) is 3.48. The van der Waals surface area contributed by atoms with Gasteiger partial charge in [0.05, 0.1) is 23.4 Å². The average molecular weight is 540 g/mol. The SMILES string of the molecule is CSCO[C@@H]1[C@H](OC(=O)C(C)(C)C)[C@@H](NC(C)=O)[C@@H](OCc2ccccc2)O[C@@H]1COC(=O)C(C)(C)C. The van der Waals surface area contributed by atoms with E-state index in [1.54, 1.807) is 41.5 Å². The monoisotopic (exact) mass is 539 g/mol. The van der Waals surface area contributed by atoms with E-state index in [4.69, 9.17) is 23.7 Å². The van der Waals surface area contributed by atoms with Crippen LogP contribution in [0, 0.1) is 10.8 Å². The number of benzene rings is 1. The van der Waals surface area contributed by atoms with Crippen molar-refractivity contribution in [3.63, 3.8) is 0 Å². The molecule has 1 aliphatic heterocycles. The van der Waals surface area contributed by atoms with E-state index in [2.05, 4.69) is 5.32 Å². The third-order valence-corrected chi connectivity index (χ3v) is 5.87. The molecular formula is C27H41NO8S. The predicted octanol–water partition coefficient (Wildman–Crippen LogP) is 3.69. The van der Waals surface area contributed by atoms with Crippen molar-refractivity contribution in [1.82, 2.24) is 5.32 Å². The van der Waals surface area contributed by atoms with E-state index in [0.29, 0.717) is 0 Å². The largest absolute Gasteiger partial charge is 0.462 e. The average Bonchev–Trinajstić information content (AvgIpc) is 2.81. The van der Waals surface area contributed by atoms with Crippen LogP contribution in [0.2, 0.25) is 0 Å². The smallest absolute Gasteiger partial charge is 0.311 e. The van der Waals surface area contributed by atoms with Crippen LogP contribution >= 0.6 is 11.8 Å². The molecule has 1 aliphatic rings. The Morgan fingerprint density at radius 1 is 0.946 bits per heavy atom. The number of carbonyl (C=O) groups is 3. The molecule has 10 heteroatoms. The van der Waals surface area contributed by atoms with Crippen LogP contribution in [0.4, 0.5) is 0 Å². The van der Waals surface area contributed by atoms with Crippen LogP contribution in [0.1, 0.15) is 54.0 Å². The minimum absolute atomic E-state index is 0.142. The molecule has 0 spiro atoms. The predicted molar refractivity (Wildman–Crippen MR) is 141 cm³/mol. The molecule has 0 radical (unpaired) electrons. The Morgan fingerprint density at radius 3 is 2.11 bits per heavy atom. The summed E-state index contributed by atoms with van der Waals surface area (Å²) in [5.74, 6) is -0.961. The molecule has 208 valence electrons. The van der Waals surface area contributed by atoms with Crippen LogP contribution in [-0.4, -0.2) is 67.3 Å². The minimum Gasteiger partial charge on any atom is -0.462 e. The second-order valence-corrected chi connectivity index (χ2v) is 11.9. The standard InChI is InChI=1S/C27H41NO8S/c1-17(29)28-20-22(36-25(31)27(5,6)7)21(34-16-37-8)19(15-33-24(30)26(2,3)4)35-23(20)32-14-18-12-10-9-11-13-18/h9-13,19-23H,14-16H2,1-8H3,(H,28,29)/t19-,20-,21+,22-,23+/m1/s1. The van der Waals surface area contributed by atoms with Gasteiger partial charge in [0.2, 0.25) is 5.91 Å². The normalized spacial score (nSPS) is 24.3. The Morgan fingerprint density at radius 2 is 1.57 bits per heavy atom. The van der Waals surface area contributed by atoms with Gasteiger partial charge in [-0.05, 0) is 53.4 Å². The molecule has 37 heavy (non-hydrogen) atoms. The highest BCUT2D eigenvalue weighted by Gasteiger charge is 2.51. The lowest BCUT2D eigenvalue weighted by Gasteiger charge is -2.46. The molecule has 2 rings (SSSR count). The first kappa shape index (κ1) is 31.1. The number of carbonyl (C=O) groups excluding carboxylic acids is 3. The lowest BCUT2D eigenvalue weighted by atomic mass is 9.93. The molecule has 0 aliphatic carbocycles. The van der Waals surface area contributed by atoms with Crippen molar-refractivity contribution in [3.05, 3.63) is 35.9 Å². The van der Waals surface area contributed by atoms with Gasteiger partial charge in [0.25, 0.3) is 0 Å². The molecule has 9 nitrogen and oxygen atoms in total. The summed E-state index contributed by atoms with van der Waals surface area (Å²) in [4.78, 5) is 37.7. The second-order valence-electron chi connectivity index (χ2n) is 11.1. The first-order chi connectivity index (χ1) is 17.2. The van der Waals surface area contributed by atoms with Gasteiger partial charge in [0.1, 0.15) is 24.9 Å². The van der Waals surface area contributed by atoms with Gasteiger partial charge in [0.15, 0.2) is 12.4 Å². The van der Waals surface area contributed by atoms with Crippen LogP contribution in [-0.2, 0) is 44.7 Å². The summed E-state index contributed by atoms with van der Waals surface area (Å²) in [7, 11) is 0. The van der Waals surface area contributed by atoms with Gasteiger partial charge in [-0.1, -0.05) is 30.3 Å². The summed E-state index contributed by atoms with van der Waals surface area (Å²) >= 11 is 1.43. The number of hydrogen-bond acceptors (Lipinski definition) is 9. The molecule has 0 aromatic heterocycles. The van der Waals surface area contributed by atoms with E-state index in [-0.39, 0.29) is 25.1 Å². The van der Waals surface area contributed by atoms with Gasteiger partial charge in [-0.15, -0.1) is 11.8 Å². The van der Waals surface area contributed by atoms with Crippen LogP contribution in [0.3, 0.4) is 0 Å². The number of esters is 2. The molecule has 1 aromatic rings. The molecule has 1 N–H and O–H groups in total. The maximum Gasteiger partial charge on any atom is 0.311 e. The van der Waals surface area contributed by atoms with Crippen molar-refractivity contribution < 1.29 is 38.1 Å². The molecule has 1 fully saturated rings. The quantitative estimate of drug-likeness (QED) is 0.352. The van der Waals surface area contributed by atoms with E-state index in [0.717, 1.165) is 5.56 Å². The Kier molecular flexibility index (Phi) is 11.4. The number of ether oxygens (including phenoxy) is 5. The van der Waals surface area contributed by atoms with Crippen LogP contribution in [0.15, 0.2) is 30.3 Å². The molecule has 1 saturated heterocycles. The van der Waals surface area contributed by atoms with Crippen molar-refractivity contribution in [2.24, 2.45) is 10.8 Å². The molecule has 5 atom stereocenters. The maximum absolute atomic E-state index is 13.0. The summed E-state index contributed by atoms with van der Waals surface area (Å²) in [6.45, 7) is 11.9. The minimum atomic E-state index is -1.01. The molecule has 0 saturated carbocycles. The van der Waals surface area contributed by atoms with Gasteiger partial charge in [0, 0.05) is 6.92 Å². The lowest BCUT2D eigenvalue weighted by molar-refractivity contribution is -0.284. The van der Waals surface area contributed by atoms with Gasteiger partial charge >= 0.3 is 11.9 Å². The summed E-state index contributed by atoms with van der Waals surface area (Å²) in [6, 6.07) is 8.62. The number of rotatable bonds is 10. The molecule has 1 amide bonds. The Hall–Kier alpha value is -2.14. The maximum atomic E-state index is 13.0. The fourth-order valence-corrected chi connectivity index (χ4v) is 3.78. The fraction of sp³-hybridized carbons (Fsp3) is 0.667. The number of amides is 1. The molecule has 0 unspecified atom stereocenters. The van der Waals surface area contributed by atoms with Crippen molar-refractivity contribution in [2.45, 2.75) is 85.7 Å². The third kappa shape index (κ3) is 9.59. The van der Waals surface area contributed by atoms with E-state index in [1.165, 1.54) is 18.7 Å². The van der Waals surface area contributed by atoms with Gasteiger partial charge in [-0.25, -0.2) is 0 Å². The third-order valence-electron chi connectivity index (χ3n) is 5.50. The summed E-state index contributed by atoms with van der Waals surface area (Å²) in [5, 5.41) is 2.83. The zero-order valence-electron chi connectivity index (χ0n) is 23.1.